The summed E-state index contributed by atoms with van der Waals surface area (Å²) in [7, 11) is 0. The molecular formula is C23H48N4O2S. The molecule has 0 heterocycles. The predicted octanol–water partition coefficient (Wildman–Crippen LogP) is 3.16. The maximum Gasteiger partial charge on any atom is 0.232 e. The molecule has 0 aromatic heterocycles. The van der Waals surface area contributed by atoms with Gasteiger partial charge < -0.3 is 20.4 Å². The van der Waals surface area contributed by atoms with Gasteiger partial charge in [-0.05, 0) is 38.5 Å². The van der Waals surface area contributed by atoms with E-state index in [1.54, 1.807) is 11.8 Å². The molecule has 0 aromatic carbocycles. The van der Waals surface area contributed by atoms with E-state index in [2.05, 4.69) is 51.3 Å². The Labute approximate surface area is 190 Å². The number of rotatable bonds is 17. The number of likely N-dealkylation sites (N-methyl/N-ethyl adjacent to an activating group) is 2. The highest BCUT2D eigenvalue weighted by molar-refractivity contribution is 8.01. The fraction of sp³-hybridized carbons (Fsp3) is 0.913. The molecule has 0 aliphatic rings. The lowest BCUT2D eigenvalue weighted by Gasteiger charge is -2.32. The first-order valence-corrected chi connectivity index (χ1v) is 12.6. The molecule has 30 heavy (non-hydrogen) atoms. The van der Waals surface area contributed by atoms with Gasteiger partial charge >= 0.3 is 0 Å². The second kappa shape index (κ2) is 15.1. The van der Waals surface area contributed by atoms with Crippen LogP contribution in [0.2, 0.25) is 0 Å². The Kier molecular flexibility index (Phi) is 14.7. The smallest absolute Gasteiger partial charge is 0.232 e. The van der Waals surface area contributed by atoms with Crippen LogP contribution in [0.1, 0.15) is 61.8 Å². The van der Waals surface area contributed by atoms with Crippen LogP contribution < -0.4 is 5.73 Å². The molecule has 0 saturated carbocycles. The zero-order valence-electron chi connectivity index (χ0n) is 20.9. The standard InChI is InChI=1S/C23H48N4O2S/c1-9-25(10-2)13-15-27(16-14-26(11-3)12-4)21(28)18-30-23(7,8)17-20(19(5)6)22(24)29/h19-20H,9-18H2,1-8H3,(H2,24,29). The van der Waals surface area contributed by atoms with Crippen molar-refractivity contribution in [1.29, 1.82) is 0 Å². The molecule has 2 N–H and O–H groups in total. The highest BCUT2D eigenvalue weighted by Crippen LogP contribution is 2.34. The highest BCUT2D eigenvalue weighted by atomic mass is 32.2. The molecule has 1 atom stereocenters. The van der Waals surface area contributed by atoms with Crippen LogP contribution in [0.15, 0.2) is 0 Å². The van der Waals surface area contributed by atoms with Crippen molar-refractivity contribution >= 4 is 23.6 Å². The predicted molar refractivity (Wildman–Crippen MR) is 131 cm³/mol. The van der Waals surface area contributed by atoms with Gasteiger partial charge in [-0.3, -0.25) is 9.59 Å². The van der Waals surface area contributed by atoms with Gasteiger partial charge in [-0.2, -0.15) is 0 Å². The second-order valence-corrected chi connectivity index (χ2v) is 10.6. The first-order valence-electron chi connectivity index (χ1n) is 11.7. The van der Waals surface area contributed by atoms with Crippen LogP contribution in [0, 0.1) is 11.8 Å². The summed E-state index contributed by atoms with van der Waals surface area (Å²) in [5.41, 5.74) is 5.60. The zero-order valence-corrected chi connectivity index (χ0v) is 21.7. The molecule has 178 valence electrons. The van der Waals surface area contributed by atoms with Crippen LogP contribution in [-0.2, 0) is 9.59 Å². The van der Waals surface area contributed by atoms with Gasteiger partial charge in [-0.1, -0.05) is 55.4 Å². The topological polar surface area (TPSA) is 69.9 Å². The molecule has 0 bridgehead atoms. The number of hydrogen-bond acceptors (Lipinski definition) is 5. The fourth-order valence-electron chi connectivity index (χ4n) is 3.57. The van der Waals surface area contributed by atoms with E-state index in [1.165, 1.54) is 0 Å². The summed E-state index contributed by atoms with van der Waals surface area (Å²) in [5.74, 6) is 0.423. The molecule has 7 heteroatoms. The van der Waals surface area contributed by atoms with Gasteiger partial charge in [-0.15, -0.1) is 11.8 Å². The van der Waals surface area contributed by atoms with E-state index in [4.69, 9.17) is 5.73 Å². The molecule has 0 aliphatic carbocycles. The minimum absolute atomic E-state index is 0.163. The van der Waals surface area contributed by atoms with Gasteiger partial charge in [0.05, 0.1) is 5.75 Å². The van der Waals surface area contributed by atoms with Crippen molar-refractivity contribution in [2.45, 2.75) is 66.6 Å². The van der Waals surface area contributed by atoms with Crippen LogP contribution in [0.3, 0.4) is 0 Å². The molecule has 0 aliphatic heterocycles. The summed E-state index contributed by atoms with van der Waals surface area (Å²) >= 11 is 1.64. The maximum atomic E-state index is 13.1. The Bertz CT molecular complexity index is 476. The fourth-order valence-corrected chi connectivity index (χ4v) is 4.56. The van der Waals surface area contributed by atoms with Crippen molar-refractivity contribution < 1.29 is 9.59 Å². The van der Waals surface area contributed by atoms with Crippen molar-refractivity contribution in [2.24, 2.45) is 17.6 Å². The third kappa shape index (κ3) is 11.6. The van der Waals surface area contributed by atoms with E-state index in [0.29, 0.717) is 12.2 Å². The molecule has 1 unspecified atom stereocenters. The number of primary amides is 1. The van der Waals surface area contributed by atoms with Crippen LogP contribution in [0.5, 0.6) is 0 Å². The molecule has 6 nitrogen and oxygen atoms in total. The number of thioether (sulfide) groups is 1. The largest absolute Gasteiger partial charge is 0.369 e. The Morgan fingerprint density at radius 2 is 1.30 bits per heavy atom. The third-order valence-corrected chi connectivity index (χ3v) is 7.32. The second-order valence-electron chi connectivity index (χ2n) is 8.94. The maximum absolute atomic E-state index is 13.1. The Hall–Kier alpha value is -0.790. The lowest BCUT2D eigenvalue weighted by Crippen LogP contribution is -2.44. The first kappa shape index (κ1) is 29.2. The zero-order chi connectivity index (χ0) is 23.3. The van der Waals surface area contributed by atoms with Crippen LogP contribution >= 0.6 is 11.8 Å². The number of nitrogens with zero attached hydrogens (tertiary/aromatic N) is 3. The van der Waals surface area contributed by atoms with E-state index < -0.39 is 0 Å². The Morgan fingerprint density at radius 1 is 0.867 bits per heavy atom. The van der Waals surface area contributed by atoms with Crippen molar-refractivity contribution in [1.82, 2.24) is 14.7 Å². The number of carbonyl (C=O) groups is 2. The summed E-state index contributed by atoms with van der Waals surface area (Å²) in [5, 5.41) is 0. The summed E-state index contributed by atoms with van der Waals surface area (Å²) in [6.45, 7) is 24.3. The highest BCUT2D eigenvalue weighted by Gasteiger charge is 2.30. The summed E-state index contributed by atoms with van der Waals surface area (Å²) < 4.78 is -0.178. The lowest BCUT2D eigenvalue weighted by molar-refractivity contribution is -0.128. The minimum Gasteiger partial charge on any atom is -0.369 e. The Morgan fingerprint density at radius 3 is 1.63 bits per heavy atom. The Balaban J connectivity index is 4.99. The average molecular weight is 445 g/mol. The molecule has 2 amide bonds. The van der Waals surface area contributed by atoms with Crippen molar-refractivity contribution in [3.05, 3.63) is 0 Å². The first-order chi connectivity index (χ1) is 14.0. The van der Waals surface area contributed by atoms with E-state index in [0.717, 1.165) is 52.4 Å². The van der Waals surface area contributed by atoms with Crippen LogP contribution in [0.4, 0.5) is 0 Å². The quantitative estimate of drug-likeness (QED) is 0.373. The molecule has 0 rings (SSSR count). The molecule has 0 radical (unpaired) electrons. The van der Waals surface area contributed by atoms with E-state index in [-0.39, 0.29) is 28.4 Å². The number of carbonyl (C=O) groups excluding carboxylic acids is 2. The van der Waals surface area contributed by atoms with E-state index in [1.807, 2.05) is 18.7 Å². The van der Waals surface area contributed by atoms with Crippen LogP contribution in [0.25, 0.3) is 0 Å². The average Bonchev–Trinajstić information content (AvgIpc) is 2.69. The molecular weight excluding hydrogens is 396 g/mol. The van der Waals surface area contributed by atoms with E-state index in [9.17, 15) is 9.59 Å². The molecule has 0 fully saturated rings. The van der Waals surface area contributed by atoms with Gasteiger partial charge in [0.1, 0.15) is 0 Å². The lowest BCUT2D eigenvalue weighted by atomic mass is 9.87. The summed E-state index contributed by atoms with van der Waals surface area (Å²) in [4.78, 5) is 31.6. The number of hydrogen-bond donors (Lipinski definition) is 1. The van der Waals surface area contributed by atoms with Gasteiger partial charge in [0.25, 0.3) is 0 Å². The number of nitrogens with two attached hydrogens (primary N) is 1. The van der Waals surface area contributed by atoms with E-state index >= 15 is 0 Å². The van der Waals surface area contributed by atoms with Crippen molar-refractivity contribution in [3.8, 4) is 0 Å². The van der Waals surface area contributed by atoms with Gasteiger partial charge in [0.15, 0.2) is 0 Å². The van der Waals surface area contributed by atoms with Crippen molar-refractivity contribution in [3.63, 3.8) is 0 Å². The monoisotopic (exact) mass is 444 g/mol. The minimum atomic E-state index is -0.245. The van der Waals surface area contributed by atoms with Crippen LogP contribution in [-0.4, -0.2) is 89.4 Å². The van der Waals surface area contributed by atoms with Crippen molar-refractivity contribution in [2.75, 3.05) is 58.1 Å². The SMILES string of the molecule is CCN(CC)CCN(CCN(CC)CC)C(=O)CSC(C)(C)CC(C(N)=O)C(C)C. The van der Waals surface area contributed by atoms with Gasteiger partial charge in [-0.25, -0.2) is 0 Å². The number of amides is 2. The molecule has 0 saturated heterocycles. The summed E-state index contributed by atoms with van der Waals surface area (Å²) in [6.07, 6.45) is 0.691. The third-order valence-electron chi connectivity index (χ3n) is 5.98. The summed E-state index contributed by atoms with van der Waals surface area (Å²) in [6, 6.07) is 0. The molecule has 0 aromatic rings. The van der Waals surface area contributed by atoms with Gasteiger partial charge in [0, 0.05) is 36.8 Å². The van der Waals surface area contributed by atoms with Gasteiger partial charge in [0.2, 0.25) is 11.8 Å². The normalized spacial score (nSPS) is 13.3. The molecule has 0 spiro atoms.